The monoisotopic (exact) mass is 307 g/mol. The fraction of sp³-hybridized carbons (Fsp3) is 0.357. The summed E-state index contributed by atoms with van der Waals surface area (Å²) in [6.07, 6.45) is 3.81. The Hall–Kier alpha value is -1.13. The van der Waals surface area contributed by atoms with E-state index in [4.69, 9.17) is 5.73 Å². The molecule has 0 fully saturated rings. The largest absolute Gasteiger partial charge is 0.340 e. The van der Waals surface area contributed by atoms with E-state index >= 15 is 0 Å². The molecule has 1 unspecified atom stereocenters. The smallest absolute Gasteiger partial charge is 0.126 e. The van der Waals surface area contributed by atoms with E-state index in [9.17, 15) is 0 Å². The highest BCUT2D eigenvalue weighted by Gasteiger charge is 2.23. The molecule has 0 spiro atoms. The van der Waals surface area contributed by atoms with Crippen molar-refractivity contribution in [1.82, 2.24) is 9.97 Å². The predicted molar refractivity (Wildman–Crippen MR) is 78.2 cm³/mol. The Bertz CT molecular complexity index is 514. The van der Waals surface area contributed by atoms with Crippen molar-refractivity contribution >= 4 is 15.9 Å². The molecule has 1 aromatic heterocycles. The number of hydrogen-bond donors (Lipinski definition) is 2. The summed E-state index contributed by atoms with van der Waals surface area (Å²) in [7, 11) is 0. The molecule has 2 rings (SSSR count). The first-order chi connectivity index (χ1) is 8.53. The predicted octanol–water partition coefficient (Wildman–Crippen LogP) is 3.81. The van der Waals surface area contributed by atoms with Crippen molar-refractivity contribution in [2.24, 2.45) is 5.73 Å². The van der Waals surface area contributed by atoms with Gasteiger partial charge in [-0.25, -0.2) is 4.98 Å². The van der Waals surface area contributed by atoms with Gasteiger partial charge in [0.15, 0.2) is 0 Å². The Kier molecular flexibility index (Phi) is 3.88. The molecule has 1 atom stereocenters. The highest BCUT2D eigenvalue weighted by molar-refractivity contribution is 9.10. The summed E-state index contributed by atoms with van der Waals surface area (Å²) in [4.78, 5) is 7.74. The van der Waals surface area contributed by atoms with Crippen LogP contribution in [0.2, 0.25) is 0 Å². The fourth-order valence-corrected chi connectivity index (χ4v) is 2.29. The summed E-state index contributed by atoms with van der Waals surface area (Å²) in [5.74, 6) is 0.849. The normalized spacial score (nSPS) is 14.4. The maximum absolute atomic E-state index is 6.26. The lowest BCUT2D eigenvalue weighted by Crippen LogP contribution is -2.34. The highest BCUT2D eigenvalue weighted by Crippen LogP contribution is 2.25. The third kappa shape index (κ3) is 2.82. The number of aromatic nitrogens is 2. The van der Waals surface area contributed by atoms with Gasteiger partial charge in [0, 0.05) is 4.47 Å². The number of nitrogens with zero attached hydrogens (tertiary/aromatic N) is 1. The van der Waals surface area contributed by atoms with Crippen molar-refractivity contribution in [2.45, 2.75) is 32.2 Å². The summed E-state index contributed by atoms with van der Waals surface area (Å²) >= 11 is 3.43. The highest BCUT2D eigenvalue weighted by atomic mass is 79.9. The van der Waals surface area contributed by atoms with Gasteiger partial charge in [0.1, 0.15) is 5.82 Å². The van der Waals surface area contributed by atoms with Crippen LogP contribution < -0.4 is 5.73 Å². The van der Waals surface area contributed by atoms with Crippen molar-refractivity contribution in [3.8, 4) is 11.3 Å². The Labute approximate surface area is 116 Å². The van der Waals surface area contributed by atoms with Gasteiger partial charge in [0.25, 0.3) is 0 Å². The number of aromatic amines is 1. The number of halogens is 1. The van der Waals surface area contributed by atoms with Gasteiger partial charge in [-0.05, 0) is 31.0 Å². The van der Waals surface area contributed by atoms with Gasteiger partial charge in [0.05, 0.1) is 17.4 Å². The molecule has 0 aliphatic heterocycles. The van der Waals surface area contributed by atoms with Gasteiger partial charge in [0.2, 0.25) is 0 Å². The second-order valence-electron chi connectivity index (χ2n) is 4.82. The minimum Gasteiger partial charge on any atom is -0.340 e. The van der Waals surface area contributed by atoms with Crippen molar-refractivity contribution in [2.75, 3.05) is 0 Å². The number of imidazole rings is 1. The van der Waals surface area contributed by atoms with Crippen LogP contribution in [0.1, 0.15) is 32.5 Å². The van der Waals surface area contributed by atoms with E-state index in [0.717, 1.165) is 34.4 Å². The number of H-pyrrole nitrogens is 1. The Morgan fingerprint density at radius 1 is 1.33 bits per heavy atom. The average molecular weight is 308 g/mol. The van der Waals surface area contributed by atoms with Gasteiger partial charge in [-0.15, -0.1) is 0 Å². The number of nitrogens with one attached hydrogen (secondary N) is 1. The number of rotatable bonds is 4. The van der Waals surface area contributed by atoms with Crippen LogP contribution in [0.15, 0.2) is 34.9 Å². The second-order valence-corrected chi connectivity index (χ2v) is 5.74. The van der Waals surface area contributed by atoms with E-state index in [0.29, 0.717) is 0 Å². The van der Waals surface area contributed by atoms with Crippen molar-refractivity contribution in [3.05, 3.63) is 40.8 Å². The van der Waals surface area contributed by atoms with Crippen molar-refractivity contribution in [3.63, 3.8) is 0 Å². The first-order valence-corrected chi connectivity index (χ1v) is 6.92. The van der Waals surface area contributed by atoms with E-state index in [1.807, 2.05) is 25.3 Å². The van der Waals surface area contributed by atoms with Crippen LogP contribution in [-0.2, 0) is 5.54 Å². The molecule has 0 radical (unpaired) electrons. The van der Waals surface area contributed by atoms with Crippen LogP contribution >= 0.6 is 15.9 Å². The zero-order valence-corrected chi connectivity index (χ0v) is 12.3. The van der Waals surface area contributed by atoms with Crippen molar-refractivity contribution < 1.29 is 0 Å². The van der Waals surface area contributed by atoms with Crippen molar-refractivity contribution in [1.29, 1.82) is 0 Å². The van der Waals surface area contributed by atoms with Crippen LogP contribution in [0.4, 0.5) is 0 Å². The molecular formula is C14H18BrN3. The zero-order chi connectivity index (χ0) is 13.2. The standard InChI is InChI=1S/C14H18BrN3/c1-3-8-14(2,16)13-17-9-12(18-13)10-4-6-11(15)7-5-10/h4-7,9H,3,8,16H2,1-2H3,(H,17,18). The molecule has 0 aliphatic rings. The second kappa shape index (κ2) is 5.24. The first kappa shape index (κ1) is 13.3. The molecule has 1 heterocycles. The van der Waals surface area contributed by atoms with Gasteiger partial charge in [-0.2, -0.15) is 0 Å². The maximum atomic E-state index is 6.26. The third-order valence-electron chi connectivity index (χ3n) is 3.04. The molecule has 3 nitrogen and oxygen atoms in total. The lowest BCUT2D eigenvalue weighted by Gasteiger charge is -2.21. The molecule has 18 heavy (non-hydrogen) atoms. The van der Waals surface area contributed by atoms with Crippen LogP contribution in [0.5, 0.6) is 0 Å². The van der Waals surface area contributed by atoms with E-state index < -0.39 is 0 Å². The van der Waals surface area contributed by atoms with E-state index in [1.54, 1.807) is 0 Å². The van der Waals surface area contributed by atoms with Gasteiger partial charge < -0.3 is 10.7 Å². The fourth-order valence-electron chi connectivity index (χ4n) is 2.03. The minimum atomic E-state index is -0.387. The quantitative estimate of drug-likeness (QED) is 0.902. The molecular weight excluding hydrogens is 290 g/mol. The number of benzene rings is 1. The van der Waals surface area contributed by atoms with Gasteiger partial charge >= 0.3 is 0 Å². The molecule has 2 aromatic rings. The summed E-state index contributed by atoms with van der Waals surface area (Å²) in [6, 6.07) is 8.14. The van der Waals surface area contributed by atoms with Crippen LogP contribution in [0.25, 0.3) is 11.3 Å². The van der Waals surface area contributed by atoms with Gasteiger partial charge in [-0.1, -0.05) is 41.4 Å². The molecule has 4 heteroatoms. The summed E-state index contributed by atoms with van der Waals surface area (Å²) < 4.78 is 1.07. The topological polar surface area (TPSA) is 54.7 Å². The molecule has 1 aromatic carbocycles. The summed E-state index contributed by atoms with van der Waals surface area (Å²) in [5, 5.41) is 0. The average Bonchev–Trinajstić information content (AvgIpc) is 2.80. The first-order valence-electron chi connectivity index (χ1n) is 6.13. The van der Waals surface area contributed by atoms with E-state index in [-0.39, 0.29) is 5.54 Å². The van der Waals surface area contributed by atoms with E-state index in [2.05, 4.69) is 45.0 Å². The Morgan fingerprint density at radius 3 is 2.61 bits per heavy atom. The van der Waals surface area contributed by atoms with Gasteiger partial charge in [-0.3, -0.25) is 0 Å². The Balaban J connectivity index is 2.28. The molecule has 0 bridgehead atoms. The van der Waals surface area contributed by atoms with E-state index in [1.165, 1.54) is 0 Å². The molecule has 96 valence electrons. The Morgan fingerprint density at radius 2 is 2.00 bits per heavy atom. The number of nitrogens with two attached hydrogens (primary N) is 1. The van der Waals surface area contributed by atoms with Crippen LogP contribution in [-0.4, -0.2) is 9.97 Å². The summed E-state index contributed by atoms with van der Waals surface area (Å²) in [5.41, 5.74) is 8.00. The lowest BCUT2D eigenvalue weighted by molar-refractivity contribution is 0.423. The lowest BCUT2D eigenvalue weighted by atomic mass is 9.97. The molecule has 0 aliphatic carbocycles. The SMILES string of the molecule is CCCC(C)(N)c1ncc(-c2ccc(Br)cc2)[nH]1. The minimum absolute atomic E-state index is 0.387. The number of hydrogen-bond acceptors (Lipinski definition) is 2. The molecule has 0 saturated heterocycles. The molecule has 3 N–H and O–H groups in total. The summed E-state index contributed by atoms with van der Waals surface area (Å²) in [6.45, 7) is 4.14. The maximum Gasteiger partial charge on any atom is 0.126 e. The zero-order valence-electron chi connectivity index (χ0n) is 10.7. The molecule has 0 saturated carbocycles. The molecule has 0 amide bonds. The van der Waals surface area contributed by atoms with Crippen LogP contribution in [0.3, 0.4) is 0 Å². The van der Waals surface area contributed by atoms with Crippen LogP contribution in [0, 0.1) is 0 Å². The third-order valence-corrected chi connectivity index (χ3v) is 3.57.